The van der Waals surface area contributed by atoms with Gasteiger partial charge in [0.2, 0.25) is 0 Å². The average Bonchev–Trinajstić information content (AvgIpc) is 3.09. The molecule has 0 amide bonds. The van der Waals surface area contributed by atoms with Crippen molar-refractivity contribution >= 4 is 11.8 Å². The Labute approximate surface area is 186 Å². The van der Waals surface area contributed by atoms with E-state index in [1.54, 1.807) is 16.3 Å². The Morgan fingerprint density at radius 3 is 2.45 bits per heavy atom. The Morgan fingerprint density at radius 2 is 1.84 bits per heavy atom. The molecule has 0 N–H and O–H groups in total. The minimum Gasteiger partial charge on any atom is -0.381 e. The van der Waals surface area contributed by atoms with E-state index in [4.69, 9.17) is 4.74 Å². The number of nitrogens with zero attached hydrogens (tertiary/aromatic N) is 4. The molecule has 1 fully saturated rings. The van der Waals surface area contributed by atoms with Crippen LogP contribution in [-0.2, 0) is 10.2 Å². The van der Waals surface area contributed by atoms with Crippen molar-refractivity contribution in [1.29, 1.82) is 5.26 Å². The highest BCUT2D eigenvalue weighted by Gasteiger charge is 2.34. The molecule has 31 heavy (non-hydrogen) atoms. The maximum atomic E-state index is 12.7. The van der Waals surface area contributed by atoms with Crippen LogP contribution in [0, 0.1) is 18.3 Å². The van der Waals surface area contributed by atoms with E-state index in [-0.39, 0.29) is 11.7 Å². The topological polar surface area (TPSA) is 72.8 Å². The van der Waals surface area contributed by atoms with Crippen molar-refractivity contribution in [2.75, 3.05) is 13.2 Å². The van der Waals surface area contributed by atoms with E-state index in [0.717, 1.165) is 33.9 Å². The fourth-order valence-corrected chi connectivity index (χ4v) is 4.95. The Morgan fingerprint density at radius 1 is 1.13 bits per heavy atom. The van der Waals surface area contributed by atoms with Crippen molar-refractivity contribution in [3.8, 4) is 11.8 Å². The lowest BCUT2D eigenvalue weighted by Gasteiger charge is -2.31. The van der Waals surface area contributed by atoms with Crippen LogP contribution < -0.4 is 5.69 Å². The van der Waals surface area contributed by atoms with E-state index in [1.807, 2.05) is 57.2 Å². The van der Waals surface area contributed by atoms with Gasteiger partial charge in [-0.2, -0.15) is 15.0 Å². The van der Waals surface area contributed by atoms with E-state index in [9.17, 15) is 10.1 Å². The molecule has 2 heterocycles. The summed E-state index contributed by atoms with van der Waals surface area (Å²) in [6.45, 7) is 7.05. The summed E-state index contributed by atoms with van der Waals surface area (Å²) in [5, 5.41) is 14.3. The van der Waals surface area contributed by atoms with Crippen LogP contribution in [0.15, 0.2) is 63.1 Å². The lowest BCUT2D eigenvalue weighted by Crippen LogP contribution is -2.32. The first-order valence-corrected chi connectivity index (χ1v) is 11.3. The third-order valence-corrected chi connectivity index (χ3v) is 6.76. The number of benzene rings is 2. The molecule has 3 aromatic rings. The van der Waals surface area contributed by atoms with Gasteiger partial charge in [-0.25, -0.2) is 4.79 Å². The first kappa shape index (κ1) is 21.4. The summed E-state index contributed by atoms with van der Waals surface area (Å²) < 4.78 is 8.61. The van der Waals surface area contributed by atoms with Crippen molar-refractivity contribution in [3.05, 3.63) is 70.4 Å². The zero-order valence-electron chi connectivity index (χ0n) is 18.0. The van der Waals surface area contributed by atoms with Crippen molar-refractivity contribution in [1.82, 2.24) is 14.3 Å². The highest BCUT2D eigenvalue weighted by atomic mass is 32.2. The van der Waals surface area contributed by atoms with Gasteiger partial charge >= 0.3 is 5.69 Å². The van der Waals surface area contributed by atoms with Crippen LogP contribution in [0.4, 0.5) is 0 Å². The van der Waals surface area contributed by atoms with Crippen LogP contribution in [0.2, 0.25) is 0 Å². The van der Waals surface area contributed by atoms with E-state index in [0.29, 0.717) is 19.0 Å². The first-order chi connectivity index (χ1) is 14.9. The summed E-state index contributed by atoms with van der Waals surface area (Å²) >= 11 is 1.64. The summed E-state index contributed by atoms with van der Waals surface area (Å²) in [7, 11) is 0. The molecule has 2 aromatic carbocycles. The lowest BCUT2D eigenvalue weighted by atomic mass is 9.75. The molecule has 0 aliphatic carbocycles. The van der Waals surface area contributed by atoms with Gasteiger partial charge in [0.15, 0.2) is 0 Å². The van der Waals surface area contributed by atoms with E-state index >= 15 is 0 Å². The summed E-state index contributed by atoms with van der Waals surface area (Å²) in [4.78, 5) is 14.8. The van der Waals surface area contributed by atoms with Gasteiger partial charge in [0.1, 0.15) is 5.82 Å². The largest absolute Gasteiger partial charge is 0.381 e. The molecule has 1 saturated heterocycles. The molecule has 0 saturated carbocycles. The molecule has 1 aromatic heterocycles. The van der Waals surface area contributed by atoms with Gasteiger partial charge in [0, 0.05) is 29.0 Å². The Kier molecular flexibility index (Phi) is 6.03. The molecule has 0 atom stereocenters. The molecular formula is C24H26N4O2S. The standard InChI is InChI=1S/C24H26N4O2S/c1-17(2)27-18(3)26-28(23(27)29)20-7-9-21(10-8-20)31-22-6-4-5-19(15-22)24(16-25)11-13-30-14-12-24/h4-10,15,17H,11-14H2,1-3H3. The van der Waals surface area contributed by atoms with E-state index in [2.05, 4.69) is 23.3 Å². The number of rotatable bonds is 5. The summed E-state index contributed by atoms with van der Waals surface area (Å²) in [5.74, 6) is 0.704. The zero-order valence-corrected chi connectivity index (χ0v) is 18.9. The molecule has 0 bridgehead atoms. The second kappa shape index (κ2) is 8.74. The monoisotopic (exact) mass is 434 g/mol. The van der Waals surface area contributed by atoms with Gasteiger partial charge in [-0.05, 0) is 75.6 Å². The van der Waals surface area contributed by atoms with Gasteiger partial charge < -0.3 is 4.74 Å². The third kappa shape index (κ3) is 4.18. The Balaban J connectivity index is 1.56. The second-order valence-corrected chi connectivity index (χ2v) is 9.28. The van der Waals surface area contributed by atoms with Crippen molar-refractivity contribution in [2.24, 2.45) is 0 Å². The van der Waals surface area contributed by atoms with Crippen LogP contribution in [0.25, 0.3) is 5.69 Å². The molecule has 4 rings (SSSR count). The fraction of sp³-hybridized carbons (Fsp3) is 0.375. The fourth-order valence-electron chi connectivity index (χ4n) is 4.07. The Bertz CT molecular complexity index is 1170. The molecule has 6 nitrogen and oxygen atoms in total. The van der Waals surface area contributed by atoms with Crippen LogP contribution >= 0.6 is 11.8 Å². The normalized spacial score (nSPS) is 15.7. The predicted molar refractivity (Wildman–Crippen MR) is 121 cm³/mol. The van der Waals surface area contributed by atoms with Gasteiger partial charge in [0.25, 0.3) is 0 Å². The first-order valence-electron chi connectivity index (χ1n) is 10.5. The third-order valence-electron chi connectivity index (χ3n) is 5.76. The summed E-state index contributed by atoms with van der Waals surface area (Å²) in [6, 6.07) is 18.7. The van der Waals surface area contributed by atoms with E-state index < -0.39 is 5.41 Å². The number of ether oxygens (including phenoxy) is 1. The molecule has 7 heteroatoms. The van der Waals surface area contributed by atoms with Crippen LogP contribution in [-0.4, -0.2) is 27.6 Å². The minimum absolute atomic E-state index is 0.0655. The number of hydrogen-bond donors (Lipinski definition) is 0. The molecule has 0 spiro atoms. The van der Waals surface area contributed by atoms with Crippen molar-refractivity contribution in [3.63, 3.8) is 0 Å². The van der Waals surface area contributed by atoms with Gasteiger partial charge in [-0.1, -0.05) is 23.9 Å². The lowest BCUT2D eigenvalue weighted by molar-refractivity contribution is 0.0675. The van der Waals surface area contributed by atoms with Crippen LogP contribution in [0.3, 0.4) is 0 Å². The molecule has 1 aliphatic heterocycles. The van der Waals surface area contributed by atoms with Crippen molar-refractivity contribution in [2.45, 2.75) is 54.9 Å². The Hall–Kier alpha value is -2.82. The zero-order chi connectivity index (χ0) is 22.0. The van der Waals surface area contributed by atoms with Gasteiger partial charge in [-0.3, -0.25) is 4.57 Å². The maximum Gasteiger partial charge on any atom is 0.350 e. The summed E-state index contributed by atoms with van der Waals surface area (Å²) in [5.41, 5.74) is 1.21. The molecular weight excluding hydrogens is 408 g/mol. The predicted octanol–water partition coefficient (Wildman–Crippen LogP) is 4.65. The van der Waals surface area contributed by atoms with Crippen LogP contribution in [0.5, 0.6) is 0 Å². The smallest absolute Gasteiger partial charge is 0.350 e. The quantitative estimate of drug-likeness (QED) is 0.585. The number of nitriles is 1. The van der Waals surface area contributed by atoms with Crippen LogP contribution in [0.1, 0.15) is 44.1 Å². The second-order valence-electron chi connectivity index (χ2n) is 8.14. The van der Waals surface area contributed by atoms with Gasteiger partial charge in [-0.15, -0.1) is 0 Å². The minimum atomic E-state index is -0.465. The number of aryl methyl sites for hydroxylation is 1. The highest BCUT2D eigenvalue weighted by Crippen LogP contribution is 2.37. The highest BCUT2D eigenvalue weighted by molar-refractivity contribution is 7.99. The number of hydrogen-bond acceptors (Lipinski definition) is 5. The van der Waals surface area contributed by atoms with E-state index in [1.165, 1.54) is 4.68 Å². The molecule has 1 aliphatic rings. The summed E-state index contributed by atoms with van der Waals surface area (Å²) in [6.07, 6.45) is 1.45. The average molecular weight is 435 g/mol. The molecule has 160 valence electrons. The SMILES string of the molecule is Cc1nn(-c2ccc(Sc3cccc(C4(C#N)CCOCC4)c3)cc2)c(=O)n1C(C)C. The number of aromatic nitrogens is 3. The van der Waals surface area contributed by atoms with Gasteiger partial charge in [0.05, 0.1) is 17.2 Å². The molecule has 0 radical (unpaired) electrons. The molecule has 0 unspecified atom stereocenters. The maximum absolute atomic E-state index is 12.7. The van der Waals surface area contributed by atoms with Crippen molar-refractivity contribution < 1.29 is 4.74 Å².